The number of imidazole rings is 1. The molecule has 5 nitrogen and oxygen atoms in total. The number of aromatic nitrogens is 3. The molecule has 2 heterocycles. The van der Waals surface area contributed by atoms with Gasteiger partial charge in [0, 0.05) is 36.2 Å². The van der Waals surface area contributed by atoms with Crippen LogP contribution in [0.5, 0.6) is 11.8 Å². The van der Waals surface area contributed by atoms with Gasteiger partial charge in [-0.25, -0.2) is 4.98 Å². The fourth-order valence-corrected chi connectivity index (χ4v) is 1.99. The fourth-order valence-electron chi connectivity index (χ4n) is 1.99. The first-order chi connectivity index (χ1) is 9.29. The lowest BCUT2D eigenvalue weighted by Gasteiger charge is -2.09. The Morgan fingerprint density at radius 1 is 1.21 bits per heavy atom. The topological polar surface area (TPSA) is 66.0 Å². The Hall–Kier alpha value is -2.56. The van der Waals surface area contributed by atoms with Gasteiger partial charge in [0.2, 0.25) is 0 Å². The van der Waals surface area contributed by atoms with Gasteiger partial charge in [0.15, 0.2) is 5.75 Å². The maximum Gasteiger partial charge on any atom is 0.301 e. The van der Waals surface area contributed by atoms with E-state index >= 15 is 0 Å². The molecule has 2 aromatic heterocycles. The second kappa shape index (κ2) is 4.61. The summed E-state index contributed by atoms with van der Waals surface area (Å²) in [6.45, 7) is 2.84. The molecular formula is C14H14N4O. The molecule has 19 heavy (non-hydrogen) atoms. The van der Waals surface area contributed by atoms with Crippen molar-refractivity contribution in [2.45, 2.75) is 13.5 Å². The molecule has 0 fully saturated rings. The van der Waals surface area contributed by atoms with Crippen molar-refractivity contribution in [3.8, 4) is 11.8 Å². The number of aryl methyl sites for hydroxylation is 1. The van der Waals surface area contributed by atoms with Gasteiger partial charge >= 0.3 is 6.01 Å². The number of pyridine rings is 1. The van der Waals surface area contributed by atoms with Crippen LogP contribution in [0.3, 0.4) is 0 Å². The lowest BCUT2D eigenvalue weighted by atomic mass is 10.2. The normalized spacial score (nSPS) is 10.8. The van der Waals surface area contributed by atoms with Crippen molar-refractivity contribution in [2.24, 2.45) is 0 Å². The van der Waals surface area contributed by atoms with Crippen LogP contribution in [-0.2, 0) is 6.54 Å². The van der Waals surface area contributed by atoms with Crippen molar-refractivity contribution < 1.29 is 4.74 Å². The van der Waals surface area contributed by atoms with Crippen molar-refractivity contribution in [1.29, 1.82) is 0 Å². The van der Waals surface area contributed by atoms with Gasteiger partial charge in [-0.2, -0.15) is 0 Å². The molecular weight excluding hydrogens is 240 g/mol. The number of nitrogens with zero attached hydrogens (tertiary/aromatic N) is 3. The maximum absolute atomic E-state index is 5.94. The van der Waals surface area contributed by atoms with Gasteiger partial charge in [-0.1, -0.05) is 0 Å². The standard InChI is InChI=1S/C14H14N4O/c1-2-18-9-8-17-14(18)19-12-6-5-11(15)10-4-3-7-16-13(10)12/h3-9H,2,15H2,1H3. The molecule has 0 saturated heterocycles. The number of rotatable bonds is 3. The average Bonchev–Trinajstić information content (AvgIpc) is 2.89. The Bertz CT molecular complexity index is 720. The number of anilines is 1. The van der Waals surface area contributed by atoms with Crippen molar-refractivity contribution in [3.63, 3.8) is 0 Å². The molecule has 1 aromatic carbocycles. The molecule has 2 N–H and O–H groups in total. The first-order valence-corrected chi connectivity index (χ1v) is 6.12. The highest BCUT2D eigenvalue weighted by molar-refractivity contribution is 5.94. The maximum atomic E-state index is 5.94. The van der Waals surface area contributed by atoms with Crippen LogP contribution in [0.25, 0.3) is 10.9 Å². The average molecular weight is 254 g/mol. The molecule has 0 aliphatic carbocycles. The van der Waals surface area contributed by atoms with Gasteiger partial charge in [-0.05, 0) is 31.2 Å². The highest BCUT2D eigenvalue weighted by Gasteiger charge is 2.10. The summed E-state index contributed by atoms with van der Waals surface area (Å²) in [5.74, 6) is 0.658. The van der Waals surface area contributed by atoms with E-state index in [1.807, 2.05) is 42.0 Å². The number of nitrogens with two attached hydrogens (primary N) is 1. The monoisotopic (exact) mass is 254 g/mol. The molecule has 0 saturated carbocycles. The van der Waals surface area contributed by atoms with Crippen LogP contribution in [0.15, 0.2) is 42.9 Å². The van der Waals surface area contributed by atoms with Crippen LogP contribution < -0.4 is 10.5 Å². The summed E-state index contributed by atoms with van der Waals surface area (Å²) in [7, 11) is 0. The fraction of sp³-hybridized carbons (Fsp3) is 0.143. The zero-order valence-electron chi connectivity index (χ0n) is 10.6. The van der Waals surface area contributed by atoms with Crippen LogP contribution in [0.1, 0.15) is 6.92 Å². The van der Waals surface area contributed by atoms with Crippen LogP contribution >= 0.6 is 0 Å². The van der Waals surface area contributed by atoms with E-state index in [2.05, 4.69) is 9.97 Å². The Balaban J connectivity index is 2.09. The summed E-state index contributed by atoms with van der Waals surface area (Å²) in [5.41, 5.74) is 7.37. The quantitative estimate of drug-likeness (QED) is 0.730. The molecule has 0 radical (unpaired) electrons. The number of ether oxygens (including phenoxy) is 1. The van der Waals surface area contributed by atoms with Gasteiger partial charge in [-0.3, -0.25) is 4.98 Å². The molecule has 3 rings (SSSR count). The number of hydrogen-bond donors (Lipinski definition) is 1. The first-order valence-electron chi connectivity index (χ1n) is 6.12. The zero-order valence-corrected chi connectivity index (χ0v) is 10.6. The van der Waals surface area contributed by atoms with Crippen LogP contribution in [0, 0.1) is 0 Å². The molecule has 3 aromatic rings. The second-order valence-corrected chi connectivity index (χ2v) is 4.15. The Labute approximate surface area is 110 Å². The van der Waals surface area contributed by atoms with E-state index in [1.165, 1.54) is 0 Å². The van der Waals surface area contributed by atoms with Gasteiger partial charge in [0.25, 0.3) is 0 Å². The van der Waals surface area contributed by atoms with E-state index in [9.17, 15) is 0 Å². The Kier molecular flexibility index (Phi) is 2.79. The summed E-state index contributed by atoms with van der Waals surface area (Å²) in [6, 6.07) is 7.98. The minimum Gasteiger partial charge on any atom is -0.423 e. The molecule has 0 aliphatic rings. The van der Waals surface area contributed by atoms with E-state index < -0.39 is 0 Å². The highest BCUT2D eigenvalue weighted by atomic mass is 16.5. The second-order valence-electron chi connectivity index (χ2n) is 4.15. The van der Waals surface area contributed by atoms with E-state index in [1.54, 1.807) is 12.4 Å². The molecule has 0 unspecified atom stereocenters. The van der Waals surface area contributed by atoms with Crippen molar-refractivity contribution >= 4 is 16.6 Å². The van der Waals surface area contributed by atoms with Gasteiger partial charge in [0.05, 0.1) is 0 Å². The summed E-state index contributed by atoms with van der Waals surface area (Å²) in [5, 5.41) is 0.884. The largest absolute Gasteiger partial charge is 0.423 e. The molecule has 0 atom stereocenters. The van der Waals surface area contributed by atoms with Crippen LogP contribution in [0.4, 0.5) is 5.69 Å². The van der Waals surface area contributed by atoms with Crippen molar-refractivity contribution in [3.05, 3.63) is 42.9 Å². The van der Waals surface area contributed by atoms with Crippen molar-refractivity contribution in [2.75, 3.05) is 5.73 Å². The number of nitrogen functional groups attached to an aromatic ring is 1. The summed E-state index contributed by atoms with van der Waals surface area (Å²) < 4.78 is 7.76. The third kappa shape index (κ3) is 1.99. The van der Waals surface area contributed by atoms with Gasteiger partial charge < -0.3 is 15.0 Å². The minimum atomic E-state index is 0.555. The zero-order chi connectivity index (χ0) is 13.2. The van der Waals surface area contributed by atoms with Crippen LogP contribution in [0.2, 0.25) is 0 Å². The SMILES string of the molecule is CCn1ccnc1Oc1ccc(N)c2cccnc12. The third-order valence-electron chi connectivity index (χ3n) is 2.99. The smallest absolute Gasteiger partial charge is 0.301 e. The van der Waals surface area contributed by atoms with Gasteiger partial charge in [-0.15, -0.1) is 0 Å². The third-order valence-corrected chi connectivity index (χ3v) is 2.99. The lowest BCUT2D eigenvalue weighted by Crippen LogP contribution is -1.98. The summed E-state index contributed by atoms with van der Waals surface area (Å²) >= 11 is 0. The van der Waals surface area contributed by atoms with Crippen LogP contribution in [-0.4, -0.2) is 14.5 Å². The first kappa shape index (κ1) is 11.5. The molecule has 0 aliphatic heterocycles. The molecule has 0 spiro atoms. The molecule has 5 heteroatoms. The highest BCUT2D eigenvalue weighted by Crippen LogP contribution is 2.30. The molecule has 96 valence electrons. The molecule has 0 bridgehead atoms. The predicted octanol–water partition coefficient (Wildman–Crippen LogP) is 2.83. The summed E-state index contributed by atoms with van der Waals surface area (Å²) in [6.07, 6.45) is 5.31. The number of benzene rings is 1. The van der Waals surface area contributed by atoms with E-state index in [0.717, 1.165) is 17.4 Å². The number of hydrogen-bond acceptors (Lipinski definition) is 4. The number of fused-ring (bicyclic) bond motifs is 1. The minimum absolute atomic E-state index is 0.555. The lowest BCUT2D eigenvalue weighted by molar-refractivity contribution is 0.418. The van der Waals surface area contributed by atoms with E-state index in [4.69, 9.17) is 10.5 Å². The summed E-state index contributed by atoms with van der Waals surface area (Å²) in [4.78, 5) is 8.53. The van der Waals surface area contributed by atoms with Crippen molar-refractivity contribution in [1.82, 2.24) is 14.5 Å². The van der Waals surface area contributed by atoms with Gasteiger partial charge in [0.1, 0.15) is 5.52 Å². The Morgan fingerprint density at radius 3 is 2.95 bits per heavy atom. The Morgan fingerprint density at radius 2 is 2.11 bits per heavy atom. The van der Waals surface area contributed by atoms with E-state index in [0.29, 0.717) is 17.4 Å². The predicted molar refractivity (Wildman–Crippen MR) is 74.1 cm³/mol. The van der Waals surface area contributed by atoms with E-state index in [-0.39, 0.29) is 0 Å². The molecule has 0 amide bonds.